The lowest BCUT2D eigenvalue weighted by atomic mass is 10.1. The van der Waals surface area contributed by atoms with Gasteiger partial charge in [-0.05, 0) is 50.6 Å². The first kappa shape index (κ1) is 20.0. The first-order chi connectivity index (χ1) is 14.0. The number of nitrogens with one attached hydrogen (secondary N) is 2. The van der Waals surface area contributed by atoms with Gasteiger partial charge in [0, 0.05) is 11.4 Å². The topological polar surface area (TPSA) is 93.2 Å². The van der Waals surface area contributed by atoms with Crippen molar-refractivity contribution in [3.05, 3.63) is 77.1 Å². The molecule has 0 aliphatic rings. The number of ether oxygens (including phenoxy) is 1. The van der Waals surface area contributed by atoms with E-state index in [0.29, 0.717) is 17.3 Å². The van der Waals surface area contributed by atoms with Crippen LogP contribution in [-0.2, 0) is 4.74 Å². The van der Waals surface area contributed by atoms with Crippen molar-refractivity contribution in [3.8, 4) is 0 Å². The Balaban J connectivity index is 1.85. The highest BCUT2D eigenvalue weighted by molar-refractivity contribution is 6.07. The first-order valence-electron chi connectivity index (χ1n) is 9.23. The zero-order chi connectivity index (χ0) is 20.8. The normalized spacial score (nSPS) is 10.3. The number of carbonyl (C=O) groups excluding carboxylic acids is 2. The minimum atomic E-state index is -0.496. The van der Waals surface area contributed by atoms with Crippen LogP contribution in [0, 0.1) is 13.8 Å². The molecular formula is C22H22N4O3. The predicted octanol–water partition coefficient (Wildman–Crippen LogP) is 4.27. The summed E-state index contributed by atoms with van der Waals surface area (Å²) in [5.74, 6) is -0.618. The maximum atomic E-state index is 12.8. The Hall–Kier alpha value is -3.74. The van der Waals surface area contributed by atoms with Crippen molar-refractivity contribution in [2.75, 3.05) is 17.2 Å². The third kappa shape index (κ3) is 4.95. The van der Waals surface area contributed by atoms with Crippen LogP contribution < -0.4 is 10.6 Å². The van der Waals surface area contributed by atoms with Gasteiger partial charge in [0.05, 0.1) is 17.9 Å². The molecule has 0 fully saturated rings. The van der Waals surface area contributed by atoms with E-state index in [1.807, 2.05) is 31.2 Å². The Bertz CT molecular complexity index is 1050. The number of hydrogen-bond acceptors (Lipinski definition) is 6. The molecule has 0 spiro atoms. The average Bonchev–Trinajstić information content (AvgIpc) is 2.70. The van der Waals surface area contributed by atoms with Crippen molar-refractivity contribution in [2.24, 2.45) is 0 Å². The number of aromatic nitrogens is 2. The largest absolute Gasteiger partial charge is 0.462 e. The van der Waals surface area contributed by atoms with Crippen molar-refractivity contribution in [3.63, 3.8) is 0 Å². The number of hydrogen-bond donors (Lipinski definition) is 2. The van der Waals surface area contributed by atoms with Gasteiger partial charge in [-0.1, -0.05) is 30.3 Å². The van der Waals surface area contributed by atoms with Crippen molar-refractivity contribution in [1.82, 2.24) is 9.97 Å². The van der Waals surface area contributed by atoms with Crippen LogP contribution in [0.4, 0.5) is 17.3 Å². The molecule has 1 aromatic heterocycles. The third-order valence-electron chi connectivity index (χ3n) is 4.15. The summed E-state index contributed by atoms with van der Waals surface area (Å²) in [6.45, 7) is 5.73. The van der Waals surface area contributed by atoms with Gasteiger partial charge in [0.15, 0.2) is 0 Å². The summed E-state index contributed by atoms with van der Waals surface area (Å²) in [6.07, 6.45) is 0. The Morgan fingerprint density at radius 3 is 2.38 bits per heavy atom. The van der Waals surface area contributed by atoms with Crippen molar-refractivity contribution < 1.29 is 14.3 Å². The highest BCUT2D eigenvalue weighted by Crippen LogP contribution is 2.20. The van der Waals surface area contributed by atoms with E-state index in [0.717, 1.165) is 11.3 Å². The van der Waals surface area contributed by atoms with E-state index in [-0.39, 0.29) is 17.9 Å². The van der Waals surface area contributed by atoms with E-state index in [2.05, 4.69) is 20.6 Å². The monoisotopic (exact) mass is 390 g/mol. The molecule has 0 bridgehead atoms. The van der Waals surface area contributed by atoms with Gasteiger partial charge >= 0.3 is 5.97 Å². The quantitative estimate of drug-likeness (QED) is 0.611. The number of aryl methyl sites for hydroxylation is 2. The Morgan fingerprint density at radius 2 is 1.66 bits per heavy atom. The van der Waals surface area contributed by atoms with E-state index in [4.69, 9.17) is 4.74 Å². The molecule has 2 N–H and O–H groups in total. The van der Waals surface area contributed by atoms with Crippen LogP contribution in [-0.4, -0.2) is 28.5 Å². The molecule has 7 heteroatoms. The molecule has 0 saturated heterocycles. The molecule has 0 unspecified atom stereocenters. The fraction of sp³-hybridized carbons (Fsp3) is 0.182. The highest BCUT2D eigenvalue weighted by Gasteiger charge is 2.17. The minimum absolute atomic E-state index is 0.187. The van der Waals surface area contributed by atoms with Crippen LogP contribution >= 0.6 is 0 Å². The standard InChI is InChI=1S/C22H22N4O3/c1-4-29-21(28)16-10-6-8-12-18(16)24-20(27)19-13-15(3)23-22(26-19)25-17-11-7-5-9-14(17)2/h5-13H,4H2,1-3H3,(H,24,27)(H,23,25,26). The van der Waals surface area contributed by atoms with E-state index < -0.39 is 11.9 Å². The summed E-state index contributed by atoms with van der Waals surface area (Å²) >= 11 is 0. The van der Waals surface area contributed by atoms with Crippen LogP contribution in [0.15, 0.2) is 54.6 Å². The van der Waals surface area contributed by atoms with Crippen molar-refractivity contribution >= 4 is 29.2 Å². The lowest BCUT2D eigenvalue weighted by Crippen LogP contribution is -2.18. The summed E-state index contributed by atoms with van der Waals surface area (Å²) < 4.78 is 5.05. The summed E-state index contributed by atoms with van der Waals surface area (Å²) in [7, 11) is 0. The van der Waals surface area contributed by atoms with Crippen LogP contribution in [0.25, 0.3) is 0 Å². The van der Waals surface area contributed by atoms with Crippen LogP contribution in [0.5, 0.6) is 0 Å². The van der Waals surface area contributed by atoms with Gasteiger partial charge in [0.2, 0.25) is 5.95 Å². The van der Waals surface area contributed by atoms with Crippen molar-refractivity contribution in [1.29, 1.82) is 0 Å². The zero-order valence-corrected chi connectivity index (χ0v) is 16.5. The van der Waals surface area contributed by atoms with Gasteiger partial charge in [-0.25, -0.2) is 14.8 Å². The predicted molar refractivity (Wildman–Crippen MR) is 112 cm³/mol. The maximum absolute atomic E-state index is 12.8. The molecule has 3 aromatic rings. The Morgan fingerprint density at radius 1 is 0.966 bits per heavy atom. The minimum Gasteiger partial charge on any atom is -0.462 e. The van der Waals surface area contributed by atoms with Gasteiger partial charge in [-0.2, -0.15) is 0 Å². The molecule has 0 aliphatic heterocycles. The van der Waals surface area contributed by atoms with Crippen molar-refractivity contribution in [2.45, 2.75) is 20.8 Å². The molecule has 0 radical (unpaired) electrons. The molecule has 7 nitrogen and oxygen atoms in total. The fourth-order valence-corrected chi connectivity index (χ4v) is 2.74. The Labute approximate surface area is 169 Å². The van der Waals surface area contributed by atoms with Crippen LogP contribution in [0.3, 0.4) is 0 Å². The summed E-state index contributed by atoms with van der Waals surface area (Å²) in [4.78, 5) is 33.6. The molecule has 148 valence electrons. The lowest BCUT2D eigenvalue weighted by Gasteiger charge is -2.12. The second-order valence-electron chi connectivity index (χ2n) is 6.38. The molecule has 1 heterocycles. The number of rotatable bonds is 6. The zero-order valence-electron chi connectivity index (χ0n) is 16.5. The van der Waals surface area contributed by atoms with Gasteiger partial charge in [0.25, 0.3) is 5.91 Å². The highest BCUT2D eigenvalue weighted by atomic mass is 16.5. The van der Waals surface area contributed by atoms with Gasteiger partial charge in [-0.3, -0.25) is 4.79 Å². The maximum Gasteiger partial charge on any atom is 0.340 e. The lowest BCUT2D eigenvalue weighted by molar-refractivity contribution is 0.0527. The number of esters is 1. The van der Waals surface area contributed by atoms with Gasteiger partial charge < -0.3 is 15.4 Å². The van der Waals surface area contributed by atoms with E-state index in [9.17, 15) is 9.59 Å². The van der Waals surface area contributed by atoms with E-state index in [1.54, 1.807) is 44.2 Å². The van der Waals surface area contributed by atoms with Gasteiger partial charge in [0.1, 0.15) is 5.69 Å². The second-order valence-corrected chi connectivity index (χ2v) is 6.38. The summed E-state index contributed by atoms with van der Waals surface area (Å²) in [6, 6.07) is 16.0. The number of para-hydroxylation sites is 2. The molecular weight excluding hydrogens is 368 g/mol. The summed E-state index contributed by atoms with van der Waals surface area (Å²) in [5.41, 5.74) is 3.36. The molecule has 1 amide bonds. The molecule has 3 rings (SSSR count). The fourth-order valence-electron chi connectivity index (χ4n) is 2.74. The molecule has 0 aliphatic carbocycles. The molecule has 0 atom stereocenters. The molecule has 2 aromatic carbocycles. The Kier molecular flexibility index (Phi) is 6.19. The van der Waals surface area contributed by atoms with E-state index >= 15 is 0 Å². The second kappa shape index (κ2) is 8.97. The van der Waals surface area contributed by atoms with Crippen LogP contribution in [0.2, 0.25) is 0 Å². The number of anilines is 3. The molecule has 0 saturated carbocycles. The number of nitrogens with zero attached hydrogens (tertiary/aromatic N) is 2. The number of amides is 1. The van der Waals surface area contributed by atoms with Crippen LogP contribution in [0.1, 0.15) is 39.0 Å². The summed E-state index contributed by atoms with van der Waals surface area (Å²) in [5, 5.41) is 5.88. The number of benzene rings is 2. The third-order valence-corrected chi connectivity index (χ3v) is 4.15. The number of carbonyl (C=O) groups is 2. The van der Waals surface area contributed by atoms with Gasteiger partial charge in [-0.15, -0.1) is 0 Å². The molecule has 29 heavy (non-hydrogen) atoms. The van der Waals surface area contributed by atoms with E-state index in [1.165, 1.54) is 0 Å². The first-order valence-corrected chi connectivity index (χ1v) is 9.23. The average molecular weight is 390 g/mol. The smallest absolute Gasteiger partial charge is 0.340 e. The SMILES string of the molecule is CCOC(=O)c1ccccc1NC(=O)c1cc(C)nc(Nc2ccccc2C)n1.